The summed E-state index contributed by atoms with van der Waals surface area (Å²) in [7, 11) is 1.51. The molecule has 1 aromatic carbocycles. The number of benzene rings is 1. The maximum atomic E-state index is 12.9. The van der Waals surface area contributed by atoms with Gasteiger partial charge in [0.1, 0.15) is 6.04 Å². The number of likely N-dealkylation sites (N-methyl/N-ethyl adjacent to an activating group) is 1. The van der Waals surface area contributed by atoms with Crippen molar-refractivity contribution in [2.24, 2.45) is 11.3 Å². The molecule has 0 aromatic heterocycles. The Morgan fingerprint density at radius 2 is 1.77 bits per heavy atom. The van der Waals surface area contributed by atoms with Gasteiger partial charge < -0.3 is 10.6 Å². The fourth-order valence-corrected chi connectivity index (χ4v) is 2.70. The van der Waals surface area contributed by atoms with Crippen LogP contribution < -0.4 is 10.6 Å². The van der Waals surface area contributed by atoms with E-state index in [9.17, 15) is 19.6 Å². The molecule has 0 aliphatic heterocycles. The van der Waals surface area contributed by atoms with Gasteiger partial charge in [-0.1, -0.05) is 51.1 Å². The third kappa shape index (κ3) is 5.84. The van der Waals surface area contributed by atoms with Crippen molar-refractivity contribution in [2.75, 3.05) is 7.05 Å². The zero-order valence-electron chi connectivity index (χ0n) is 16.0. The van der Waals surface area contributed by atoms with Gasteiger partial charge in [0, 0.05) is 7.05 Å². The topological polar surface area (TPSA) is 98.7 Å². The SMILES string of the molecule is CNC(=O)[C@@H](NC(=O)[C@H](Cc1ccccc1)[C@H](C)N(O)C=O)C(C)(C)C. The summed E-state index contributed by atoms with van der Waals surface area (Å²) >= 11 is 0. The Labute approximate surface area is 154 Å². The monoisotopic (exact) mass is 363 g/mol. The molecule has 0 saturated carbocycles. The number of carbonyl (C=O) groups is 3. The number of hydrogen-bond donors (Lipinski definition) is 3. The van der Waals surface area contributed by atoms with E-state index in [0.717, 1.165) is 5.56 Å². The van der Waals surface area contributed by atoms with E-state index in [1.54, 1.807) is 6.92 Å². The molecule has 3 amide bonds. The highest BCUT2D eigenvalue weighted by Gasteiger charge is 2.36. The molecule has 1 rings (SSSR count). The van der Waals surface area contributed by atoms with Gasteiger partial charge in [0.05, 0.1) is 12.0 Å². The number of nitrogens with one attached hydrogen (secondary N) is 2. The molecule has 0 bridgehead atoms. The minimum absolute atomic E-state index is 0.274. The lowest BCUT2D eigenvalue weighted by Gasteiger charge is -2.33. The van der Waals surface area contributed by atoms with E-state index in [0.29, 0.717) is 11.5 Å². The number of carbonyl (C=O) groups excluding carboxylic acids is 3. The van der Waals surface area contributed by atoms with Gasteiger partial charge in [-0.05, 0) is 24.3 Å². The Bertz CT molecular complexity index is 613. The first kappa shape index (κ1) is 21.6. The van der Waals surface area contributed by atoms with E-state index in [1.165, 1.54) is 7.05 Å². The van der Waals surface area contributed by atoms with Crippen LogP contribution in [0.15, 0.2) is 30.3 Å². The summed E-state index contributed by atoms with van der Waals surface area (Å²) in [6.45, 7) is 7.15. The van der Waals surface area contributed by atoms with Crippen LogP contribution in [-0.2, 0) is 20.8 Å². The molecule has 144 valence electrons. The lowest BCUT2D eigenvalue weighted by Crippen LogP contribution is -2.56. The predicted octanol–water partition coefficient (Wildman–Crippen LogP) is 1.36. The van der Waals surface area contributed by atoms with Gasteiger partial charge in [0.15, 0.2) is 0 Å². The first-order chi connectivity index (χ1) is 12.1. The van der Waals surface area contributed by atoms with E-state index in [4.69, 9.17) is 0 Å². The van der Waals surface area contributed by atoms with Gasteiger partial charge in [0.25, 0.3) is 0 Å². The lowest BCUT2D eigenvalue weighted by atomic mass is 9.84. The number of nitrogens with zero attached hydrogens (tertiary/aromatic N) is 1. The third-order valence-corrected chi connectivity index (χ3v) is 4.40. The fourth-order valence-electron chi connectivity index (χ4n) is 2.70. The van der Waals surface area contributed by atoms with E-state index in [1.807, 2.05) is 51.1 Å². The van der Waals surface area contributed by atoms with Crippen LogP contribution in [0.25, 0.3) is 0 Å². The van der Waals surface area contributed by atoms with Crippen LogP contribution in [-0.4, -0.2) is 47.6 Å². The van der Waals surface area contributed by atoms with Gasteiger partial charge in [0.2, 0.25) is 18.2 Å². The molecule has 0 saturated heterocycles. The quantitative estimate of drug-likeness (QED) is 0.369. The third-order valence-electron chi connectivity index (χ3n) is 4.40. The smallest absolute Gasteiger partial charge is 0.242 e. The van der Waals surface area contributed by atoms with Gasteiger partial charge in [-0.25, -0.2) is 5.06 Å². The van der Waals surface area contributed by atoms with Crippen molar-refractivity contribution in [3.8, 4) is 0 Å². The minimum Gasteiger partial charge on any atom is -0.357 e. The summed E-state index contributed by atoms with van der Waals surface area (Å²) in [6.07, 6.45) is 0.597. The number of hydrogen-bond acceptors (Lipinski definition) is 4. The highest BCUT2D eigenvalue weighted by molar-refractivity contribution is 5.89. The summed E-state index contributed by atoms with van der Waals surface area (Å²) in [4.78, 5) is 36.1. The second-order valence-corrected chi connectivity index (χ2v) is 7.44. The van der Waals surface area contributed by atoms with Gasteiger partial charge in [-0.3, -0.25) is 19.6 Å². The second-order valence-electron chi connectivity index (χ2n) is 7.44. The maximum absolute atomic E-state index is 12.9. The second kappa shape index (κ2) is 9.33. The molecule has 0 aliphatic rings. The summed E-state index contributed by atoms with van der Waals surface area (Å²) < 4.78 is 0. The van der Waals surface area contributed by atoms with Crippen molar-refractivity contribution in [2.45, 2.75) is 46.2 Å². The average molecular weight is 363 g/mol. The normalized spacial score (nSPS) is 14.7. The van der Waals surface area contributed by atoms with E-state index in [2.05, 4.69) is 10.6 Å². The van der Waals surface area contributed by atoms with Crippen LogP contribution in [0, 0.1) is 11.3 Å². The van der Waals surface area contributed by atoms with Gasteiger partial charge in [-0.15, -0.1) is 0 Å². The molecule has 0 heterocycles. The molecular formula is C19H29N3O4. The molecule has 1 aromatic rings. The number of amides is 3. The largest absolute Gasteiger partial charge is 0.357 e. The van der Waals surface area contributed by atoms with E-state index in [-0.39, 0.29) is 12.3 Å². The standard InChI is InChI=1S/C19H29N3O4/c1-13(22(26)12-23)15(11-14-9-7-6-8-10-14)17(24)21-16(18(25)20-5)19(2,3)4/h6-10,12-13,15-16,26H,11H2,1-5H3,(H,20,25)(H,21,24)/t13-,15+,16+/m0/s1. The van der Waals surface area contributed by atoms with Crippen LogP contribution in [0.4, 0.5) is 0 Å². The molecule has 7 heteroatoms. The Kier molecular flexibility index (Phi) is 7.76. The summed E-state index contributed by atoms with van der Waals surface area (Å²) in [5.74, 6) is -1.42. The zero-order valence-corrected chi connectivity index (χ0v) is 16.0. The Hall–Kier alpha value is -2.41. The zero-order chi connectivity index (χ0) is 19.9. The highest BCUT2D eigenvalue weighted by Crippen LogP contribution is 2.22. The fraction of sp³-hybridized carbons (Fsp3) is 0.526. The van der Waals surface area contributed by atoms with Crippen LogP contribution in [0.1, 0.15) is 33.3 Å². The van der Waals surface area contributed by atoms with Crippen molar-refractivity contribution < 1.29 is 19.6 Å². The average Bonchev–Trinajstić information content (AvgIpc) is 2.61. The van der Waals surface area contributed by atoms with Gasteiger partial charge >= 0.3 is 0 Å². The molecule has 26 heavy (non-hydrogen) atoms. The number of rotatable bonds is 8. The van der Waals surface area contributed by atoms with E-state index >= 15 is 0 Å². The molecule has 0 radical (unpaired) electrons. The first-order valence-corrected chi connectivity index (χ1v) is 8.60. The highest BCUT2D eigenvalue weighted by atomic mass is 16.5. The molecule has 0 aliphatic carbocycles. The molecule has 0 unspecified atom stereocenters. The van der Waals surface area contributed by atoms with Crippen LogP contribution in [0.5, 0.6) is 0 Å². The number of hydroxylamine groups is 2. The summed E-state index contributed by atoms with van der Waals surface area (Å²) in [5.41, 5.74) is 0.394. The summed E-state index contributed by atoms with van der Waals surface area (Å²) in [5, 5.41) is 15.6. The van der Waals surface area contributed by atoms with Gasteiger partial charge in [-0.2, -0.15) is 0 Å². The molecular weight excluding hydrogens is 334 g/mol. The van der Waals surface area contributed by atoms with Crippen molar-refractivity contribution in [1.29, 1.82) is 0 Å². The lowest BCUT2D eigenvalue weighted by molar-refractivity contribution is -0.166. The van der Waals surface area contributed by atoms with Crippen LogP contribution >= 0.6 is 0 Å². The molecule has 0 spiro atoms. The maximum Gasteiger partial charge on any atom is 0.242 e. The van der Waals surface area contributed by atoms with Crippen molar-refractivity contribution >= 4 is 18.2 Å². The van der Waals surface area contributed by atoms with Crippen LogP contribution in [0.3, 0.4) is 0 Å². The Morgan fingerprint density at radius 1 is 1.19 bits per heavy atom. The Balaban J connectivity index is 3.09. The Morgan fingerprint density at radius 3 is 2.23 bits per heavy atom. The van der Waals surface area contributed by atoms with Crippen LogP contribution in [0.2, 0.25) is 0 Å². The molecule has 3 N–H and O–H groups in total. The van der Waals surface area contributed by atoms with Crippen molar-refractivity contribution in [3.05, 3.63) is 35.9 Å². The molecule has 7 nitrogen and oxygen atoms in total. The van der Waals surface area contributed by atoms with Crippen molar-refractivity contribution in [3.63, 3.8) is 0 Å². The molecule has 0 fully saturated rings. The predicted molar refractivity (Wildman–Crippen MR) is 98.2 cm³/mol. The van der Waals surface area contributed by atoms with E-state index < -0.39 is 29.3 Å². The molecule has 3 atom stereocenters. The summed E-state index contributed by atoms with van der Waals surface area (Å²) in [6, 6.07) is 7.83. The first-order valence-electron chi connectivity index (χ1n) is 8.60. The van der Waals surface area contributed by atoms with Crippen molar-refractivity contribution in [1.82, 2.24) is 15.7 Å². The minimum atomic E-state index is -0.752.